The highest BCUT2D eigenvalue weighted by atomic mass is 35.5. The van der Waals surface area contributed by atoms with Crippen LogP contribution in [0.5, 0.6) is 0 Å². The normalized spacial score (nSPS) is 13.9. The third-order valence-corrected chi connectivity index (χ3v) is 12.4. The van der Waals surface area contributed by atoms with E-state index in [1.165, 1.54) is 24.0 Å². The fraction of sp³-hybridized carbons (Fsp3) is 0.193. The van der Waals surface area contributed by atoms with Crippen LogP contribution in [0.15, 0.2) is 143 Å². The van der Waals surface area contributed by atoms with E-state index in [-0.39, 0.29) is 69.3 Å². The molecule has 10 rings (SSSR count). The summed E-state index contributed by atoms with van der Waals surface area (Å²) in [5.41, 5.74) is 15.6. The van der Waals surface area contributed by atoms with Gasteiger partial charge in [0.25, 0.3) is 5.91 Å². The van der Waals surface area contributed by atoms with Crippen molar-refractivity contribution in [3.05, 3.63) is 178 Å². The number of nitrogens with one attached hydrogen (secondary N) is 3. The minimum absolute atomic E-state index is 0. The molecule has 0 saturated carbocycles. The second kappa shape index (κ2) is 25.2. The third-order valence-electron chi connectivity index (χ3n) is 11.8. The second-order valence-corrected chi connectivity index (χ2v) is 19.2. The maximum atomic E-state index is 13.7. The van der Waals surface area contributed by atoms with Gasteiger partial charge in [-0.25, -0.2) is 23.5 Å². The molecule has 400 valence electrons. The van der Waals surface area contributed by atoms with Crippen LogP contribution in [-0.4, -0.2) is 81.2 Å². The van der Waals surface area contributed by atoms with Crippen molar-refractivity contribution in [2.45, 2.75) is 45.7 Å². The number of carboxylic acid groups (broad SMARTS) is 1. The van der Waals surface area contributed by atoms with Gasteiger partial charge in [0.15, 0.2) is 11.2 Å². The van der Waals surface area contributed by atoms with Gasteiger partial charge in [0.05, 0.1) is 41.8 Å². The Hall–Kier alpha value is -8.09. The Balaban J connectivity index is 0.000000221. The molecule has 0 unspecified atom stereocenters. The van der Waals surface area contributed by atoms with Gasteiger partial charge in [-0.2, -0.15) is 0 Å². The van der Waals surface area contributed by atoms with E-state index in [0.29, 0.717) is 63.0 Å². The lowest BCUT2D eigenvalue weighted by Gasteiger charge is -2.42. The number of nitrogens with zero attached hydrogens (tertiary/aromatic N) is 3. The number of furan rings is 2. The molecule has 2 fully saturated rings. The van der Waals surface area contributed by atoms with E-state index in [2.05, 4.69) is 25.9 Å². The van der Waals surface area contributed by atoms with Crippen molar-refractivity contribution in [2.24, 2.45) is 0 Å². The number of halogens is 5. The number of nitrogens with two attached hydrogens (primary N) is 2. The summed E-state index contributed by atoms with van der Waals surface area (Å²) in [4.78, 5) is 57.3. The fourth-order valence-corrected chi connectivity index (χ4v) is 8.36. The highest BCUT2D eigenvalue weighted by Crippen LogP contribution is 2.35. The smallest absolute Gasteiger partial charge is 0.335 e. The van der Waals surface area contributed by atoms with Gasteiger partial charge in [-0.1, -0.05) is 54.9 Å². The lowest BCUT2D eigenvalue weighted by atomic mass is 9.97. The Labute approximate surface area is 458 Å². The molecule has 2 aliphatic rings. The van der Waals surface area contributed by atoms with Gasteiger partial charge in [0.2, 0.25) is 11.8 Å². The number of aromatic carboxylic acids is 1. The van der Waals surface area contributed by atoms with E-state index in [9.17, 15) is 28.0 Å². The number of amides is 3. The van der Waals surface area contributed by atoms with E-state index >= 15 is 0 Å². The summed E-state index contributed by atoms with van der Waals surface area (Å²) in [5.74, 6) is 0.199. The van der Waals surface area contributed by atoms with Crippen LogP contribution in [0.2, 0.25) is 10.0 Å². The maximum Gasteiger partial charge on any atom is 0.335 e. The van der Waals surface area contributed by atoms with E-state index in [4.69, 9.17) is 48.6 Å². The third kappa shape index (κ3) is 15.5. The zero-order valence-electron chi connectivity index (χ0n) is 40.9. The number of carbonyl (C=O) groups is 4. The number of aromatic nitrogens is 2. The first-order valence-electron chi connectivity index (χ1n) is 23.4. The molecule has 3 amide bonds. The zero-order valence-corrected chi connectivity index (χ0v) is 43.2. The molecular formula is C57H55Cl3F2N8O7. The summed E-state index contributed by atoms with van der Waals surface area (Å²) in [6, 6.07) is 31.5. The van der Waals surface area contributed by atoms with Crippen LogP contribution < -0.4 is 27.4 Å². The lowest BCUT2D eigenvalue weighted by Crippen LogP contribution is -2.59. The summed E-state index contributed by atoms with van der Waals surface area (Å²) in [6.07, 6.45) is 9.25. The first-order valence-corrected chi connectivity index (χ1v) is 24.1. The number of benzene rings is 4. The van der Waals surface area contributed by atoms with Gasteiger partial charge in [0, 0.05) is 54.0 Å². The summed E-state index contributed by atoms with van der Waals surface area (Å²) in [6.45, 7) is 4.77. The minimum atomic E-state index is -1.31. The molecule has 20 heteroatoms. The van der Waals surface area contributed by atoms with Crippen LogP contribution in [-0.2, 0) is 22.7 Å². The van der Waals surface area contributed by atoms with Crippen LogP contribution in [0.3, 0.4) is 0 Å². The van der Waals surface area contributed by atoms with Crippen molar-refractivity contribution in [3.8, 4) is 22.3 Å². The van der Waals surface area contributed by atoms with Gasteiger partial charge in [-0.15, -0.1) is 12.4 Å². The Morgan fingerprint density at radius 2 is 1.08 bits per heavy atom. The molecule has 0 spiro atoms. The molecule has 6 heterocycles. The molecule has 15 nitrogen and oxygen atoms in total. The predicted molar refractivity (Wildman–Crippen MR) is 301 cm³/mol. The van der Waals surface area contributed by atoms with Crippen LogP contribution >= 0.6 is 35.6 Å². The number of rotatable bonds is 12. The van der Waals surface area contributed by atoms with Crippen LogP contribution in [0.4, 0.5) is 20.4 Å². The number of fused-ring (bicyclic) bond motifs is 2. The molecule has 0 atom stereocenters. The van der Waals surface area contributed by atoms with Crippen molar-refractivity contribution in [3.63, 3.8) is 0 Å². The Morgan fingerprint density at radius 1 is 0.662 bits per heavy atom. The molecule has 77 heavy (non-hydrogen) atoms. The quantitative estimate of drug-likeness (QED) is 0.0628. The number of anilines is 2. The van der Waals surface area contributed by atoms with E-state index < -0.39 is 17.3 Å². The number of likely N-dealkylation sites (tertiary alicyclic amines) is 1. The number of hydrogen-bond donors (Lipinski definition) is 6. The number of hydrogen-bond acceptors (Lipinski definition) is 11. The minimum Gasteiger partial charge on any atom is -0.478 e. The molecule has 2 aliphatic heterocycles. The largest absolute Gasteiger partial charge is 0.478 e. The average molecular weight is 1110 g/mol. The van der Waals surface area contributed by atoms with Gasteiger partial charge < -0.3 is 46.3 Å². The van der Waals surface area contributed by atoms with Gasteiger partial charge in [-0.3, -0.25) is 14.4 Å². The Morgan fingerprint density at radius 3 is 1.43 bits per heavy atom. The molecule has 4 aromatic carbocycles. The topological polar surface area (TPSA) is 232 Å². The first-order chi connectivity index (χ1) is 35.8. The monoisotopic (exact) mass is 1110 g/mol. The first kappa shape index (κ1) is 58.2. The number of carboxylic acids is 1. The molecule has 8 N–H and O–H groups in total. The highest BCUT2D eigenvalue weighted by molar-refractivity contribution is 6.35. The van der Waals surface area contributed by atoms with E-state index in [1.54, 1.807) is 104 Å². The predicted octanol–water partition coefficient (Wildman–Crippen LogP) is 11.4. The van der Waals surface area contributed by atoms with Crippen molar-refractivity contribution in [2.75, 3.05) is 37.6 Å². The summed E-state index contributed by atoms with van der Waals surface area (Å²) in [5, 5.41) is 19.8. The summed E-state index contributed by atoms with van der Waals surface area (Å²) in [7, 11) is 0. The Bertz CT molecular complexity index is 3440. The Kier molecular flexibility index (Phi) is 19.0. The van der Waals surface area contributed by atoms with Crippen molar-refractivity contribution in [1.29, 1.82) is 0 Å². The second-order valence-electron chi connectivity index (χ2n) is 18.4. The molecule has 4 aromatic heterocycles. The lowest BCUT2D eigenvalue weighted by molar-refractivity contribution is -0.117. The fourth-order valence-electron chi connectivity index (χ4n) is 7.83. The molecule has 0 aliphatic carbocycles. The van der Waals surface area contributed by atoms with Crippen molar-refractivity contribution >= 4 is 105 Å². The highest BCUT2D eigenvalue weighted by Gasteiger charge is 2.41. The van der Waals surface area contributed by atoms with Crippen molar-refractivity contribution < 1.29 is 41.9 Å². The molecule has 0 bridgehead atoms. The number of alkyl halides is 2. The molecule has 8 aromatic rings. The van der Waals surface area contributed by atoms with Crippen LogP contribution in [0.1, 0.15) is 64.6 Å². The SMILES string of the molecule is C.CC1(F)CN(C(=O)c2ccc(-c3cc(Cl)c4oc(CNC(=O)/C=C/c5ccc(N)nc5)cc4c3)cc2)C1.CC1(F)CNC1.Cl.Nc1ccc(/C=C/C(=O)NCc2cc3cc(-c4ccc(C(=O)O)cc4)cc(Cl)c3o2)cn1. The molecule has 2 saturated heterocycles. The van der Waals surface area contributed by atoms with Gasteiger partial charge in [0.1, 0.15) is 34.5 Å². The molecule has 0 radical (unpaired) electrons. The average Bonchev–Trinajstić information content (AvgIpc) is 4.01. The van der Waals surface area contributed by atoms with Gasteiger partial charge >= 0.3 is 5.97 Å². The molecular weight excluding hydrogens is 1050 g/mol. The van der Waals surface area contributed by atoms with Crippen LogP contribution in [0.25, 0.3) is 56.3 Å². The zero-order chi connectivity index (χ0) is 53.4. The number of nitrogen functional groups attached to an aromatic ring is 2. The summed E-state index contributed by atoms with van der Waals surface area (Å²) >= 11 is 12.9. The van der Waals surface area contributed by atoms with E-state index in [0.717, 1.165) is 44.2 Å². The number of carbonyl (C=O) groups excluding carboxylic acids is 3. The van der Waals surface area contributed by atoms with Crippen molar-refractivity contribution in [1.82, 2.24) is 30.8 Å². The summed E-state index contributed by atoms with van der Waals surface area (Å²) < 4.78 is 37.5. The van der Waals surface area contributed by atoms with Crippen LogP contribution in [0, 0.1) is 0 Å². The maximum absolute atomic E-state index is 13.7. The van der Waals surface area contributed by atoms with Gasteiger partial charge in [-0.05, 0) is 144 Å². The number of pyridine rings is 2. The van der Waals surface area contributed by atoms with E-state index in [1.807, 2.05) is 36.4 Å². The standard InChI is InChI=1S/C28H24ClFN4O3.C24H18ClN3O4.C4H8FN.CH4.ClH/c1-28(30)15-34(16-28)27(36)19-6-4-18(5-7-19)20-10-21-11-22(37-26(21)23(29)12-20)14-33-25(35)9-3-17-2-8-24(31)32-13-17;25-20-11-17(15-3-5-16(6-4-15)24(30)31)9-18-10-19(32-23(18)20)13-28-22(29)8-2-14-1-7-21(26)27-12-14;1-4(5)2-6-3-4;;/h2-13H,14-16H2,1H3,(H2,31,32)(H,33,35);1-12H,13H2,(H2,26,27)(H,28,29)(H,30,31);6H,2-3H2,1H3;1H4;1H/b9-3+;8-2+;;;.